The van der Waals surface area contributed by atoms with E-state index in [1.54, 1.807) is 0 Å². The van der Waals surface area contributed by atoms with E-state index in [1.165, 1.54) is 21.9 Å². The van der Waals surface area contributed by atoms with Crippen LogP contribution in [0, 0.1) is 17.6 Å². The summed E-state index contributed by atoms with van der Waals surface area (Å²) in [5, 5.41) is 3.03. The first-order valence-electron chi connectivity index (χ1n) is 12.3. The first kappa shape index (κ1) is 25.8. The lowest BCUT2D eigenvalue weighted by Crippen LogP contribution is -2.57. The van der Waals surface area contributed by atoms with E-state index in [2.05, 4.69) is 5.32 Å². The fourth-order valence-corrected chi connectivity index (χ4v) is 5.20. The van der Waals surface area contributed by atoms with Gasteiger partial charge in [0.2, 0.25) is 0 Å². The van der Waals surface area contributed by atoms with Crippen LogP contribution in [0.5, 0.6) is 0 Å². The number of likely N-dealkylation sites (N-methyl/N-ethyl adjacent to an activating group) is 1. The third-order valence-electron chi connectivity index (χ3n) is 7.28. The van der Waals surface area contributed by atoms with Crippen molar-refractivity contribution in [3.05, 3.63) is 71.3 Å². The number of hydrogen-bond donors (Lipinski definition) is 1. The van der Waals surface area contributed by atoms with Crippen molar-refractivity contribution in [1.82, 2.24) is 20.0 Å². The maximum atomic E-state index is 14.2. The molecule has 0 radical (unpaired) electrons. The van der Waals surface area contributed by atoms with Crippen LogP contribution in [0.15, 0.2) is 48.5 Å². The Balaban J connectivity index is 1.52. The van der Waals surface area contributed by atoms with Crippen LogP contribution >= 0.6 is 0 Å². The summed E-state index contributed by atoms with van der Waals surface area (Å²) < 4.78 is 27.8. The fraction of sp³-hybridized carbons (Fsp3) is 0.444. The smallest absolute Gasteiger partial charge is 0.325 e. The van der Waals surface area contributed by atoms with E-state index in [9.17, 15) is 23.2 Å². The van der Waals surface area contributed by atoms with Gasteiger partial charge in [0.15, 0.2) is 11.6 Å². The minimum absolute atomic E-state index is 0.191. The maximum absolute atomic E-state index is 14.2. The molecule has 36 heavy (non-hydrogen) atoms. The highest BCUT2D eigenvalue weighted by Crippen LogP contribution is 2.37. The Labute approximate surface area is 210 Å². The lowest BCUT2D eigenvalue weighted by molar-refractivity contribution is -0.134. The van der Waals surface area contributed by atoms with Crippen molar-refractivity contribution in [1.29, 1.82) is 0 Å². The molecule has 0 aromatic heterocycles. The maximum Gasteiger partial charge on any atom is 0.325 e. The Morgan fingerprint density at radius 3 is 2.42 bits per heavy atom. The molecule has 2 saturated heterocycles. The summed E-state index contributed by atoms with van der Waals surface area (Å²) in [7, 11) is 3.77. The number of piperidine rings is 1. The van der Waals surface area contributed by atoms with Crippen LogP contribution in [0.2, 0.25) is 0 Å². The Morgan fingerprint density at radius 1 is 1.06 bits per heavy atom. The molecule has 0 saturated carbocycles. The second-order valence-corrected chi connectivity index (χ2v) is 9.82. The van der Waals surface area contributed by atoms with Gasteiger partial charge in [0, 0.05) is 26.2 Å². The van der Waals surface area contributed by atoms with Gasteiger partial charge in [0.1, 0.15) is 5.54 Å². The van der Waals surface area contributed by atoms with E-state index >= 15 is 0 Å². The van der Waals surface area contributed by atoms with Gasteiger partial charge < -0.3 is 15.1 Å². The van der Waals surface area contributed by atoms with Gasteiger partial charge in [-0.15, -0.1) is 0 Å². The van der Waals surface area contributed by atoms with Gasteiger partial charge >= 0.3 is 6.03 Å². The molecule has 0 spiro atoms. The molecule has 1 N–H and O–H groups in total. The quantitative estimate of drug-likeness (QED) is 0.567. The molecule has 2 fully saturated rings. The van der Waals surface area contributed by atoms with Crippen molar-refractivity contribution in [2.45, 2.75) is 31.2 Å². The molecule has 2 aliphatic heterocycles. The summed E-state index contributed by atoms with van der Waals surface area (Å²) in [5.41, 5.74) is -0.300. The molecule has 192 valence electrons. The summed E-state index contributed by atoms with van der Waals surface area (Å²) in [6, 6.07) is 13.0. The Kier molecular flexibility index (Phi) is 7.68. The third-order valence-corrected chi connectivity index (χ3v) is 7.28. The Morgan fingerprint density at radius 2 is 1.75 bits per heavy atom. The number of amides is 4. The van der Waals surface area contributed by atoms with Gasteiger partial charge in [-0.2, -0.15) is 0 Å². The number of rotatable bonds is 8. The summed E-state index contributed by atoms with van der Waals surface area (Å²) in [5.74, 6) is -3.21. The number of urea groups is 1. The second kappa shape index (κ2) is 10.7. The van der Waals surface area contributed by atoms with E-state index in [-0.39, 0.29) is 30.5 Å². The van der Waals surface area contributed by atoms with Gasteiger partial charge in [-0.3, -0.25) is 14.5 Å². The van der Waals surface area contributed by atoms with E-state index in [1.807, 2.05) is 49.3 Å². The van der Waals surface area contributed by atoms with Crippen molar-refractivity contribution in [3.63, 3.8) is 0 Å². The molecule has 2 heterocycles. The molecule has 2 aromatic rings. The fourth-order valence-electron chi connectivity index (χ4n) is 5.20. The molecule has 0 bridgehead atoms. The molecule has 2 aromatic carbocycles. The van der Waals surface area contributed by atoms with E-state index < -0.39 is 29.1 Å². The zero-order valence-electron chi connectivity index (χ0n) is 20.7. The number of nitrogens with one attached hydrogen (secondary N) is 1. The first-order valence-corrected chi connectivity index (χ1v) is 12.3. The number of aryl methyl sites for hydroxylation is 1. The Hall–Kier alpha value is -3.33. The van der Waals surface area contributed by atoms with Crippen LogP contribution < -0.4 is 5.32 Å². The number of carbonyl (C=O) groups excluding carboxylic acids is 3. The van der Waals surface area contributed by atoms with E-state index in [0.717, 1.165) is 11.6 Å². The summed E-state index contributed by atoms with van der Waals surface area (Å²) in [6.45, 7) is 1.42. The van der Waals surface area contributed by atoms with Crippen molar-refractivity contribution in [2.75, 3.05) is 40.3 Å². The molecule has 0 unspecified atom stereocenters. The zero-order chi connectivity index (χ0) is 25.9. The molecule has 4 rings (SSSR count). The molecule has 4 amide bonds. The SMILES string of the molecule is CN(C)CCN1C(=O)N[C@@](CCc2ccccc2)(C2CCN(C(=O)c3cccc(F)c3F)CC2)C1=O. The van der Waals surface area contributed by atoms with Crippen molar-refractivity contribution in [2.24, 2.45) is 5.92 Å². The predicted molar refractivity (Wildman–Crippen MR) is 131 cm³/mol. The van der Waals surface area contributed by atoms with Crippen molar-refractivity contribution in [3.8, 4) is 0 Å². The number of hydrogen-bond acceptors (Lipinski definition) is 4. The first-order chi connectivity index (χ1) is 17.2. The molecular formula is C27H32F2N4O3. The monoisotopic (exact) mass is 498 g/mol. The lowest BCUT2D eigenvalue weighted by atomic mass is 9.74. The van der Waals surface area contributed by atoms with Crippen LogP contribution in [0.4, 0.5) is 13.6 Å². The number of likely N-dealkylation sites (tertiary alicyclic amines) is 1. The number of nitrogens with zero attached hydrogens (tertiary/aromatic N) is 3. The minimum Gasteiger partial charge on any atom is -0.339 e. The van der Waals surface area contributed by atoms with Crippen LogP contribution in [0.3, 0.4) is 0 Å². The molecule has 0 aliphatic carbocycles. The van der Waals surface area contributed by atoms with Crippen LogP contribution in [0.25, 0.3) is 0 Å². The van der Waals surface area contributed by atoms with Gasteiger partial charge in [-0.1, -0.05) is 36.4 Å². The average Bonchev–Trinajstić information content (AvgIpc) is 3.13. The normalized spacial score (nSPS) is 20.8. The highest BCUT2D eigenvalue weighted by molar-refractivity contribution is 6.07. The molecule has 1 atom stereocenters. The predicted octanol–water partition coefficient (Wildman–Crippen LogP) is 3.30. The average molecular weight is 499 g/mol. The Bertz CT molecular complexity index is 1120. The van der Waals surface area contributed by atoms with Crippen molar-refractivity contribution < 1.29 is 23.2 Å². The highest BCUT2D eigenvalue weighted by atomic mass is 19.2. The summed E-state index contributed by atoms with van der Waals surface area (Å²) >= 11 is 0. The minimum atomic E-state index is -1.15. The van der Waals surface area contributed by atoms with Crippen molar-refractivity contribution >= 4 is 17.8 Å². The van der Waals surface area contributed by atoms with Crippen LogP contribution in [-0.2, 0) is 11.2 Å². The van der Waals surface area contributed by atoms with E-state index in [0.29, 0.717) is 38.8 Å². The second-order valence-electron chi connectivity index (χ2n) is 9.82. The van der Waals surface area contributed by atoms with Gasteiger partial charge in [0.05, 0.1) is 5.56 Å². The zero-order valence-corrected chi connectivity index (χ0v) is 20.7. The number of imide groups is 1. The van der Waals surface area contributed by atoms with Gasteiger partial charge in [-0.05, 0) is 63.4 Å². The van der Waals surface area contributed by atoms with Crippen LogP contribution in [0.1, 0.15) is 35.2 Å². The number of carbonyl (C=O) groups is 3. The molecule has 7 nitrogen and oxygen atoms in total. The molecular weight excluding hydrogens is 466 g/mol. The third kappa shape index (κ3) is 5.11. The lowest BCUT2D eigenvalue weighted by Gasteiger charge is -2.41. The van der Waals surface area contributed by atoms with Crippen LogP contribution in [-0.4, -0.2) is 78.4 Å². The summed E-state index contributed by atoms with van der Waals surface area (Å²) in [4.78, 5) is 44.3. The van der Waals surface area contributed by atoms with Gasteiger partial charge in [0.25, 0.3) is 11.8 Å². The largest absolute Gasteiger partial charge is 0.339 e. The standard InChI is InChI=1S/C27H32F2N4O3/c1-31(2)17-18-33-25(35)27(30-26(33)36,14-11-19-7-4-3-5-8-19)20-12-15-32(16-13-20)24(34)21-9-6-10-22(28)23(21)29/h3-10,20H,11-18H2,1-2H3,(H,30,36)/t27-/m0/s1. The molecule has 2 aliphatic rings. The topological polar surface area (TPSA) is 73.0 Å². The summed E-state index contributed by atoms with van der Waals surface area (Å²) in [6.07, 6.45) is 1.98. The number of halogens is 2. The molecule has 9 heteroatoms. The van der Waals surface area contributed by atoms with E-state index in [4.69, 9.17) is 0 Å². The van der Waals surface area contributed by atoms with Gasteiger partial charge in [-0.25, -0.2) is 13.6 Å². The number of benzene rings is 2. The highest BCUT2D eigenvalue weighted by Gasteiger charge is 2.55.